The summed E-state index contributed by atoms with van der Waals surface area (Å²) in [6, 6.07) is 2.37. The largest absolute Gasteiger partial charge is 0.364 e. The maximum absolute atomic E-state index is 10.8. The van der Waals surface area contributed by atoms with Gasteiger partial charge >= 0.3 is 0 Å². The Labute approximate surface area is 68.1 Å². The Bertz CT molecular complexity index is 380. The molecule has 0 aliphatic carbocycles. The topological polar surface area (TPSA) is 77.4 Å². The molecule has 1 amide bonds. The number of hydrogen-bond donors (Lipinski definition) is 1. The van der Waals surface area contributed by atoms with Crippen LogP contribution in [0.5, 0.6) is 0 Å². The summed E-state index contributed by atoms with van der Waals surface area (Å²) in [6.45, 7) is 3.21. The Balaban J connectivity index is 3.41. The molecule has 12 heavy (non-hydrogen) atoms. The van der Waals surface area contributed by atoms with Crippen LogP contribution in [-0.2, 0) is 0 Å². The van der Waals surface area contributed by atoms with E-state index in [1.165, 1.54) is 12.3 Å². The van der Waals surface area contributed by atoms with E-state index in [9.17, 15) is 9.59 Å². The lowest BCUT2D eigenvalue weighted by Gasteiger charge is -2.01. The number of nitrogens with zero attached hydrogens (tertiary/aromatic N) is 2. The average Bonchev–Trinajstić information content (AvgIpc) is 2.04. The van der Waals surface area contributed by atoms with E-state index in [4.69, 9.17) is 5.73 Å². The van der Waals surface area contributed by atoms with E-state index in [0.717, 1.165) is 10.7 Å². The number of pyridine rings is 1. The van der Waals surface area contributed by atoms with Gasteiger partial charge in [-0.15, -0.1) is 0 Å². The number of hydrogen-bond acceptors (Lipinski definition) is 3. The number of primary amides is 1. The number of carbonyl (C=O) groups is 1. The smallest absolute Gasteiger partial charge is 0.267 e. The molecule has 0 fully saturated rings. The molecule has 0 aliphatic rings. The fraction of sp³-hybridized carbons (Fsp3) is 0. The fourth-order valence-electron chi connectivity index (χ4n) is 0.781. The number of carbonyl (C=O) groups excluding carboxylic acids is 1. The van der Waals surface area contributed by atoms with Gasteiger partial charge in [-0.25, -0.2) is 4.68 Å². The molecule has 0 radical (unpaired) electrons. The standard InChI is InChI=1S/C7H7N3O2/c1-9-10-3-2-5(11)4-6(10)7(8)12/h2-4H,1H2,(H2,8,12). The summed E-state index contributed by atoms with van der Waals surface area (Å²) in [5.74, 6) is -0.708. The predicted molar refractivity (Wildman–Crippen MR) is 44.2 cm³/mol. The van der Waals surface area contributed by atoms with E-state index < -0.39 is 5.91 Å². The van der Waals surface area contributed by atoms with Crippen molar-refractivity contribution in [3.8, 4) is 0 Å². The third-order valence-electron chi connectivity index (χ3n) is 1.31. The lowest BCUT2D eigenvalue weighted by molar-refractivity contribution is 0.0991. The molecule has 1 rings (SSSR count). The average molecular weight is 165 g/mol. The maximum Gasteiger partial charge on any atom is 0.267 e. The molecule has 0 bridgehead atoms. The zero-order valence-corrected chi connectivity index (χ0v) is 6.23. The van der Waals surface area contributed by atoms with Crippen molar-refractivity contribution >= 4 is 12.6 Å². The van der Waals surface area contributed by atoms with Crippen molar-refractivity contribution in [3.05, 3.63) is 34.2 Å². The zero-order valence-electron chi connectivity index (χ0n) is 6.23. The molecular formula is C7H7N3O2. The second-order valence-corrected chi connectivity index (χ2v) is 2.10. The lowest BCUT2D eigenvalue weighted by Crippen LogP contribution is -2.19. The van der Waals surface area contributed by atoms with E-state index in [0.29, 0.717) is 0 Å². The van der Waals surface area contributed by atoms with Gasteiger partial charge in [0.2, 0.25) is 0 Å². The zero-order chi connectivity index (χ0) is 9.14. The summed E-state index contributed by atoms with van der Waals surface area (Å²) in [5, 5.41) is 3.46. The van der Waals surface area contributed by atoms with Crippen molar-refractivity contribution in [2.75, 3.05) is 0 Å². The highest BCUT2D eigenvalue weighted by Crippen LogP contribution is 1.93. The highest BCUT2D eigenvalue weighted by molar-refractivity contribution is 5.90. The van der Waals surface area contributed by atoms with E-state index in [1.807, 2.05) is 0 Å². The third-order valence-corrected chi connectivity index (χ3v) is 1.31. The lowest BCUT2D eigenvalue weighted by atomic mass is 10.3. The molecule has 0 aliphatic heterocycles. The highest BCUT2D eigenvalue weighted by atomic mass is 16.1. The number of aromatic nitrogens is 1. The fourth-order valence-corrected chi connectivity index (χ4v) is 0.781. The first kappa shape index (κ1) is 8.19. The summed E-state index contributed by atoms with van der Waals surface area (Å²) in [6.07, 6.45) is 1.33. The minimum absolute atomic E-state index is 0.0255. The van der Waals surface area contributed by atoms with Gasteiger partial charge in [-0.1, -0.05) is 0 Å². The van der Waals surface area contributed by atoms with Crippen LogP contribution in [0.25, 0.3) is 0 Å². The Morgan fingerprint density at radius 1 is 1.67 bits per heavy atom. The van der Waals surface area contributed by atoms with Crippen LogP contribution in [0, 0.1) is 0 Å². The van der Waals surface area contributed by atoms with Crippen LogP contribution >= 0.6 is 0 Å². The molecule has 1 aromatic rings. The molecule has 62 valence electrons. The quantitative estimate of drug-likeness (QED) is 0.594. The first-order chi connectivity index (χ1) is 5.65. The second kappa shape index (κ2) is 3.00. The molecule has 1 aromatic heterocycles. The van der Waals surface area contributed by atoms with Crippen LogP contribution in [-0.4, -0.2) is 17.3 Å². The van der Waals surface area contributed by atoms with E-state index >= 15 is 0 Å². The number of amides is 1. The molecule has 1 heterocycles. The Kier molecular flexibility index (Phi) is 2.05. The monoisotopic (exact) mass is 165 g/mol. The Morgan fingerprint density at radius 2 is 2.33 bits per heavy atom. The molecule has 0 atom stereocenters. The van der Waals surface area contributed by atoms with Gasteiger partial charge in [-0.2, -0.15) is 5.10 Å². The molecule has 0 spiro atoms. The van der Waals surface area contributed by atoms with E-state index in [-0.39, 0.29) is 11.1 Å². The molecular weight excluding hydrogens is 158 g/mol. The summed E-state index contributed by atoms with van der Waals surface area (Å²) in [7, 11) is 0. The van der Waals surface area contributed by atoms with Crippen LogP contribution in [0.1, 0.15) is 10.5 Å². The molecule has 0 aromatic carbocycles. The minimum atomic E-state index is -0.708. The highest BCUT2D eigenvalue weighted by Gasteiger charge is 2.04. The van der Waals surface area contributed by atoms with Gasteiger partial charge in [-0.3, -0.25) is 9.59 Å². The minimum Gasteiger partial charge on any atom is -0.364 e. The summed E-state index contributed by atoms with van der Waals surface area (Å²) >= 11 is 0. The van der Waals surface area contributed by atoms with E-state index in [1.54, 1.807) is 0 Å². The van der Waals surface area contributed by atoms with Gasteiger partial charge < -0.3 is 5.73 Å². The van der Waals surface area contributed by atoms with Crippen LogP contribution in [0.2, 0.25) is 0 Å². The van der Waals surface area contributed by atoms with Gasteiger partial charge in [-0.05, 0) is 0 Å². The predicted octanol–water partition coefficient (Wildman–Crippen LogP) is -0.589. The van der Waals surface area contributed by atoms with Crippen molar-refractivity contribution in [1.82, 2.24) is 4.68 Å². The molecule has 0 saturated heterocycles. The third kappa shape index (κ3) is 1.39. The van der Waals surface area contributed by atoms with E-state index in [2.05, 4.69) is 11.8 Å². The van der Waals surface area contributed by atoms with Gasteiger partial charge in [0.1, 0.15) is 5.69 Å². The van der Waals surface area contributed by atoms with Gasteiger partial charge in [0.25, 0.3) is 5.91 Å². The van der Waals surface area contributed by atoms with Crippen molar-refractivity contribution in [3.63, 3.8) is 0 Å². The van der Waals surface area contributed by atoms with Crippen LogP contribution in [0.4, 0.5) is 0 Å². The Hall–Kier alpha value is -1.91. The molecule has 2 N–H and O–H groups in total. The second-order valence-electron chi connectivity index (χ2n) is 2.10. The molecule has 5 heteroatoms. The molecule has 0 saturated carbocycles. The van der Waals surface area contributed by atoms with Gasteiger partial charge in [0, 0.05) is 25.0 Å². The van der Waals surface area contributed by atoms with Crippen molar-refractivity contribution in [2.24, 2.45) is 10.8 Å². The van der Waals surface area contributed by atoms with Crippen LogP contribution < -0.4 is 11.2 Å². The van der Waals surface area contributed by atoms with Crippen molar-refractivity contribution in [2.45, 2.75) is 0 Å². The summed E-state index contributed by atoms with van der Waals surface area (Å²) in [5.41, 5.74) is 4.71. The Morgan fingerprint density at radius 3 is 2.83 bits per heavy atom. The van der Waals surface area contributed by atoms with Gasteiger partial charge in [0.15, 0.2) is 5.43 Å². The number of rotatable bonds is 2. The van der Waals surface area contributed by atoms with Gasteiger partial charge in [0.05, 0.1) is 0 Å². The normalized spacial score (nSPS) is 9.33. The van der Waals surface area contributed by atoms with Crippen molar-refractivity contribution in [1.29, 1.82) is 0 Å². The maximum atomic E-state index is 10.8. The molecule has 5 nitrogen and oxygen atoms in total. The molecule has 0 unspecified atom stereocenters. The summed E-state index contributed by atoms with van der Waals surface area (Å²) in [4.78, 5) is 21.5. The number of nitrogens with two attached hydrogens (primary N) is 1. The first-order valence-corrected chi connectivity index (χ1v) is 3.14. The summed E-state index contributed by atoms with van der Waals surface area (Å²) < 4.78 is 1.14. The van der Waals surface area contributed by atoms with Crippen LogP contribution in [0.15, 0.2) is 28.2 Å². The SMILES string of the molecule is C=Nn1ccc(=O)cc1C(N)=O. The van der Waals surface area contributed by atoms with Crippen LogP contribution in [0.3, 0.4) is 0 Å². The van der Waals surface area contributed by atoms with Crippen molar-refractivity contribution < 1.29 is 4.79 Å². The first-order valence-electron chi connectivity index (χ1n) is 3.14.